The molecule has 76 heavy (non-hydrogen) atoms. The van der Waals surface area contributed by atoms with Crippen LogP contribution in [0.3, 0.4) is 0 Å². The number of rotatable bonds is 11. The number of aromatic nitrogens is 12. The van der Waals surface area contributed by atoms with Crippen LogP contribution < -0.4 is 0 Å². The summed E-state index contributed by atoms with van der Waals surface area (Å²) >= 11 is 20.2. The standard InChI is InChI=1S/C22H23ClFN5O.C22H24ClN5O.C12H9ClN4/c23-19-18-20(16-7-12-30-13-8-16)27-29(11-10-28-9-6-17(24)14-28)22(18)26-25-21(19)15-4-2-1-3-5-15;23-19-18-20(17-8-14-29-15-9-17)26-28(13-12-27-10-4-5-11-27)22(18)25-24-21(19)16-6-2-1-3-7-16;1-7-9-10(13)11(8-5-3-2-4-6-8)15-17-12(9)16-14-7/h1-5,7,17H,6,8-14H2;1-3,6-8H,4-5,9-15H2;2-6H,1H3,(H,14,16,17)/t17-;;/m1../s1. The zero-order valence-electron chi connectivity index (χ0n) is 42.1. The first-order valence-electron chi connectivity index (χ1n) is 25.8. The van der Waals surface area contributed by atoms with Crippen LogP contribution in [-0.4, -0.2) is 142 Å². The molecule has 3 aromatic carbocycles. The molecule has 16 nitrogen and oxygen atoms in total. The molecule has 0 radical (unpaired) electrons. The van der Waals surface area contributed by atoms with E-state index < -0.39 is 6.17 Å². The van der Waals surface area contributed by atoms with Crippen molar-refractivity contribution in [1.82, 2.24) is 70.2 Å². The summed E-state index contributed by atoms with van der Waals surface area (Å²) < 4.78 is 28.3. The number of alkyl halides is 1. The second-order valence-electron chi connectivity index (χ2n) is 19.1. The van der Waals surface area contributed by atoms with Crippen LogP contribution in [0.25, 0.3) is 78.0 Å². The second-order valence-corrected chi connectivity index (χ2v) is 20.3. The highest BCUT2D eigenvalue weighted by atomic mass is 35.5. The van der Waals surface area contributed by atoms with Crippen molar-refractivity contribution in [2.75, 3.05) is 65.7 Å². The molecule has 13 rings (SSSR count). The Bertz CT molecular complexity index is 3530. The van der Waals surface area contributed by atoms with Crippen molar-refractivity contribution in [3.05, 3.63) is 135 Å². The Balaban J connectivity index is 0.000000126. The van der Waals surface area contributed by atoms with E-state index in [9.17, 15) is 4.39 Å². The topological polar surface area (TPSA) is 167 Å². The molecule has 1 N–H and O–H groups in total. The zero-order chi connectivity index (χ0) is 52.0. The number of hydrogen-bond acceptors (Lipinski definition) is 13. The van der Waals surface area contributed by atoms with Crippen LogP contribution in [0.2, 0.25) is 15.1 Å². The lowest BCUT2D eigenvalue weighted by atomic mass is 10.0. The van der Waals surface area contributed by atoms with E-state index in [1.165, 1.54) is 31.5 Å². The van der Waals surface area contributed by atoms with Gasteiger partial charge in [0, 0.05) is 48.6 Å². The normalized spacial score (nSPS) is 17.1. The van der Waals surface area contributed by atoms with Gasteiger partial charge in [-0.3, -0.25) is 10.00 Å². The SMILES string of the molecule is Cc1[nH]nc2nnc(-c3ccccc3)c(Cl)c12.Clc1c(-c2ccccc2)nnc2c1c(C1=CCOCC1)nn2CCN1CCCC1.F[C@@H]1CCN(CCn2nc(C3=CCOCC3)c3c(Cl)c(-c4ccccc4)nnc32)C1. The van der Waals surface area contributed by atoms with Crippen molar-refractivity contribution in [2.45, 2.75) is 58.3 Å². The minimum absolute atomic E-state index is 0.485. The number of benzene rings is 3. The lowest BCUT2D eigenvalue weighted by Gasteiger charge is -2.14. The Kier molecular flexibility index (Phi) is 16.1. The maximum atomic E-state index is 13.5. The van der Waals surface area contributed by atoms with Crippen LogP contribution in [0, 0.1) is 6.92 Å². The monoisotopic (exact) mass is 1080 g/mol. The van der Waals surface area contributed by atoms with Crippen LogP contribution in [0.1, 0.15) is 49.2 Å². The number of H-pyrrole nitrogens is 1. The highest BCUT2D eigenvalue weighted by Crippen LogP contribution is 2.39. The number of aryl methyl sites for hydroxylation is 1. The third-order valence-electron chi connectivity index (χ3n) is 14.1. The van der Waals surface area contributed by atoms with Crippen molar-refractivity contribution in [3.63, 3.8) is 0 Å². The summed E-state index contributed by atoms with van der Waals surface area (Å²) in [5, 5.41) is 47.2. The number of likely N-dealkylation sites (tertiary alicyclic amines) is 2. The first kappa shape index (κ1) is 51.5. The van der Waals surface area contributed by atoms with Crippen LogP contribution in [0.15, 0.2) is 103 Å². The number of nitrogens with one attached hydrogen (secondary N) is 1. The zero-order valence-corrected chi connectivity index (χ0v) is 44.3. The summed E-state index contributed by atoms with van der Waals surface area (Å²) in [5.74, 6) is 0. The maximum Gasteiger partial charge on any atom is 0.204 e. The van der Waals surface area contributed by atoms with Gasteiger partial charge in [-0.15, -0.1) is 30.6 Å². The van der Waals surface area contributed by atoms with E-state index in [2.05, 4.69) is 62.7 Å². The molecule has 4 aliphatic rings. The predicted molar refractivity (Wildman–Crippen MR) is 297 cm³/mol. The summed E-state index contributed by atoms with van der Waals surface area (Å²) in [6, 6.07) is 29.5. The molecule has 0 unspecified atom stereocenters. The Morgan fingerprint density at radius 2 is 1.01 bits per heavy atom. The van der Waals surface area contributed by atoms with Gasteiger partial charge >= 0.3 is 0 Å². The molecular formula is C56H56Cl3FN14O2. The Morgan fingerprint density at radius 1 is 0.553 bits per heavy atom. The van der Waals surface area contributed by atoms with E-state index in [-0.39, 0.29) is 0 Å². The largest absolute Gasteiger partial charge is 0.377 e. The quantitative estimate of drug-likeness (QED) is 0.130. The lowest BCUT2D eigenvalue weighted by Crippen LogP contribution is -2.26. The van der Waals surface area contributed by atoms with Gasteiger partial charge in [0.05, 0.1) is 82.1 Å². The summed E-state index contributed by atoms with van der Waals surface area (Å²) in [6.07, 6.45) is 8.21. The lowest BCUT2D eigenvalue weighted by molar-refractivity contribution is 0.161. The van der Waals surface area contributed by atoms with Gasteiger partial charge in [-0.05, 0) is 63.3 Å². The molecule has 390 valence electrons. The summed E-state index contributed by atoms with van der Waals surface area (Å²) in [7, 11) is 0. The molecule has 0 amide bonds. The number of hydrogen-bond donors (Lipinski definition) is 1. The average molecular weight is 1080 g/mol. The molecule has 2 saturated heterocycles. The van der Waals surface area contributed by atoms with Gasteiger partial charge in [0.15, 0.2) is 11.3 Å². The average Bonchev–Trinajstić information content (AvgIpc) is 4.41. The van der Waals surface area contributed by atoms with Crippen LogP contribution in [0.4, 0.5) is 4.39 Å². The highest BCUT2D eigenvalue weighted by molar-refractivity contribution is 6.39. The van der Waals surface area contributed by atoms with Gasteiger partial charge < -0.3 is 14.4 Å². The summed E-state index contributed by atoms with van der Waals surface area (Å²) in [4.78, 5) is 4.60. The minimum atomic E-state index is -0.731. The third-order valence-corrected chi connectivity index (χ3v) is 15.2. The van der Waals surface area contributed by atoms with Gasteiger partial charge in [0.1, 0.15) is 23.3 Å². The highest BCUT2D eigenvalue weighted by Gasteiger charge is 2.27. The molecule has 10 heterocycles. The van der Waals surface area contributed by atoms with E-state index >= 15 is 0 Å². The fraction of sp³-hybridized carbons (Fsp3) is 0.339. The molecule has 2 fully saturated rings. The molecule has 9 aromatic rings. The predicted octanol–water partition coefficient (Wildman–Crippen LogP) is 11.0. The van der Waals surface area contributed by atoms with E-state index in [1.807, 2.05) is 107 Å². The van der Waals surface area contributed by atoms with Crippen molar-refractivity contribution in [2.24, 2.45) is 0 Å². The van der Waals surface area contributed by atoms with Crippen LogP contribution >= 0.6 is 34.8 Å². The second kappa shape index (κ2) is 23.8. The van der Waals surface area contributed by atoms with Crippen molar-refractivity contribution in [1.29, 1.82) is 0 Å². The van der Waals surface area contributed by atoms with Gasteiger partial charge in [0.25, 0.3) is 0 Å². The molecule has 1 atom stereocenters. The minimum Gasteiger partial charge on any atom is -0.377 e. The maximum absolute atomic E-state index is 13.5. The molecular weight excluding hydrogens is 1030 g/mol. The Labute approximate surface area is 453 Å². The summed E-state index contributed by atoms with van der Waals surface area (Å²) in [6.45, 7) is 11.1. The fourth-order valence-electron chi connectivity index (χ4n) is 10.1. The molecule has 0 spiro atoms. The van der Waals surface area contributed by atoms with E-state index in [1.54, 1.807) is 0 Å². The number of ether oxygens (including phenoxy) is 2. The molecule has 6 aromatic heterocycles. The van der Waals surface area contributed by atoms with Gasteiger partial charge in [0.2, 0.25) is 5.65 Å². The van der Waals surface area contributed by atoms with Gasteiger partial charge in [-0.2, -0.15) is 15.3 Å². The molecule has 0 saturated carbocycles. The third kappa shape index (κ3) is 11.1. The van der Waals surface area contributed by atoms with Crippen molar-refractivity contribution < 1.29 is 13.9 Å². The molecule has 20 heteroatoms. The number of nitrogens with zero attached hydrogens (tertiary/aromatic N) is 13. The fourth-order valence-corrected chi connectivity index (χ4v) is 11.1. The van der Waals surface area contributed by atoms with Crippen LogP contribution in [0.5, 0.6) is 0 Å². The molecule has 4 aliphatic heterocycles. The number of halogens is 4. The Morgan fingerprint density at radius 3 is 1.46 bits per heavy atom. The smallest absolute Gasteiger partial charge is 0.204 e. The van der Waals surface area contributed by atoms with Gasteiger partial charge in [-0.25, -0.2) is 13.8 Å². The first-order valence-corrected chi connectivity index (χ1v) is 26.9. The number of fused-ring (bicyclic) bond motifs is 3. The van der Waals surface area contributed by atoms with Gasteiger partial charge in [-0.1, -0.05) is 138 Å². The van der Waals surface area contributed by atoms with E-state index in [4.69, 9.17) is 54.5 Å². The Hall–Kier alpha value is -6.57. The first-order chi connectivity index (χ1) is 37.3. The van der Waals surface area contributed by atoms with Crippen LogP contribution in [-0.2, 0) is 22.6 Å². The molecule has 0 aliphatic carbocycles. The molecule has 0 bridgehead atoms. The van der Waals surface area contributed by atoms with Crippen molar-refractivity contribution >= 4 is 79.0 Å². The summed E-state index contributed by atoms with van der Waals surface area (Å²) in [5.41, 5.74) is 11.8. The number of aromatic amines is 1. The van der Waals surface area contributed by atoms with E-state index in [0.717, 1.165) is 100 Å². The van der Waals surface area contributed by atoms with Crippen molar-refractivity contribution in [3.8, 4) is 33.8 Å². The van der Waals surface area contributed by atoms with E-state index in [0.29, 0.717) is 89.4 Å².